The van der Waals surface area contributed by atoms with Gasteiger partial charge in [0.25, 0.3) is 0 Å². The number of nitrogens with zero attached hydrogens (tertiary/aromatic N) is 4. The molecule has 1 atom stereocenters. The molecule has 0 radical (unpaired) electrons. The van der Waals surface area contributed by atoms with Gasteiger partial charge >= 0.3 is 6.18 Å². The van der Waals surface area contributed by atoms with Crippen molar-refractivity contribution in [2.45, 2.75) is 25.1 Å². The van der Waals surface area contributed by atoms with E-state index in [0.717, 1.165) is 18.9 Å². The van der Waals surface area contributed by atoms with Crippen molar-refractivity contribution in [3.05, 3.63) is 24.2 Å². The molecule has 1 fully saturated rings. The van der Waals surface area contributed by atoms with Gasteiger partial charge in [0.2, 0.25) is 0 Å². The fourth-order valence-electron chi connectivity index (χ4n) is 2.57. The Bertz CT molecular complexity index is 625. The molecule has 2 aromatic rings. The van der Waals surface area contributed by atoms with Crippen LogP contribution in [-0.2, 0) is 6.18 Å². The summed E-state index contributed by atoms with van der Waals surface area (Å²) in [6.07, 6.45) is 0.0126. The number of rotatable bonds is 2. The summed E-state index contributed by atoms with van der Waals surface area (Å²) in [7, 11) is 0. The molecule has 20 heavy (non-hydrogen) atoms. The monoisotopic (exact) mass is 286 g/mol. The van der Waals surface area contributed by atoms with E-state index in [0.29, 0.717) is 17.9 Å². The topological polar surface area (TPSA) is 53.7 Å². The normalized spacial score (nSPS) is 20.0. The van der Waals surface area contributed by atoms with Crippen LogP contribution < -0.4 is 4.90 Å². The third kappa shape index (κ3) is 2.09. The van der Waals surface area contributed by atoms with Crippen molar-refractivity contribution in [2.75, 3.05) is 18.1 Å². The Morgan fingerprint density at radius 1 is 1.40 bits per heavy atom. The molecule has 1 N–H and O–H groups in total. The Balaban J connectivity index is 2.09. The molecule has 0 spiro atoms. The lowest BCUT2D eigenvalue weighted by molar-refractivity contribution is -0.141. The molecule has 1 saturated heterocycles. The maximum Gasteiger partial charge on any atom is 0.435 e. The van der Waals surface area contributed by atoms with Crippen molar-refractivity contribution in [1.29, 1.82) is 0 Å². The molecule has 0 saturated carbocycles. The average Bonchev–Trinajstić information content (AvgIpc) is 3.03. The van der Waals surface area contributed by atoms with Gasteiger partial charge in [-0.1, -0.05) is 0 Å². The summed E-state index contributed by atoms with van der Waals surface area (Å²) in [6.45, 7) is 0.632. The highest BCUT2D eigenvalue weighted by Gasteiger charge is 2.35. The third-order valence-corrected chi connectivity index (χ3v) is 3.52. The number of anilines is 1. The predicted octanol–water partition coefficient (Wildman–Crippen LogP) is 1.71. The average molecular weight is 286 g/mol. The van der Waals surface area contributed by atoms with Gasteiger partial charge in [0.05, 0.1) is 12.6 Å². The molecule has 0 aromatic carbocycles. The molecule has 108 valence electrons. The van der Waals surface area contributed by atoms with E-state index in [1.54, 1.807) is 0 Å². The molecule has 1 aliphatic rings. The summed E-state index contributed by atoms with van der Waals surface area (Å²) in [6, 6.07) is 0.896. The quantitative estimate of drug-likeness (QED) is 0.913. The summed E-state index contributed by atoms with van der Waals surface area (Å²) in [5, 5.41) is 12.9. The predicted molar refractivity (Wildman–Crippen MR) is 65.4 cm³/mol. The van der Waals surface area contributed by atoms with Gasteiger partial charge < -0.3 is 10.0 Å². The minimum atomic E-state index is -4.48. The van der Waals surface area contributed by atoms with Crippen LogP contribution >= 0.6 is 0 Å². The summed E-state index contributed by atoms with van der Waals surface area (Å²) in [5.74, 6) is 0.437. The summed E-state index contributed by atoms with van der Waals surface area (Å²) >= 11 is 0. The molecular weight excluding hydrogens is 273 g/mol. The lowest BCUT2D eigenvalue weighted by atomic mass is 10.2. The molecule has 0 bridgehead atoms. The lowest BCUT2D eigenvalue weighted by Gasteiger charge is -2.24. The number of aliphatic hydroxyl groups is 1. The SMILES string of the molecule is OCC1CCCN1c1nccn2nc(C(F)(F)F)cc12. The maximum atomic E-state index is 12.7. The second-order valence-corrected chi connectivity index (χ2v) is 4.78. The molecule has 0 amide bonds. The Morgan fingerprint density at radius 2 is 2.20 bits per heavy atom. The first-order valence-corrected chi connectivity index (χ1v) is 6.30. The van der Waals surface area contributed by atoms with E-state index < -0.39 is 11.9 Å². The maximum absolute atomic E-state index is 12.7. The van der Waals surface area contributed by atoms with Gasteiger partial charge in [-0.2, -0.15) is 18.3 Å². The smallest absolute Gasteiger partial charge is 0.394 e. The lowest BCUT2D eigenvalue weighted by Crippen LogP contribution is -2.33. The molecule has 2 aromatic heterocycles. The molecular formula is C12H13F3N4O. The molecule has 3 rings (SSSR count). The van der Waals surface area contributed by atoms with Crippen LogP contribution in [0.3, 0.4) is 0 Å². The van der Waals surface area contributed by atoms with Crippen molar-refractivity contribution in [2.24, 2.45) is 0 Å². The van der Waals surface area contributed by atoms with Crippen LogP contribution in [0.15, 0.2) is 18.5 Å². The number of hydrogen-bond acceptors (Lipinski definition) is 4. The first-order valence-electron chi connectivity index (χ1n) is 6.30. The van der Waals surface area contributed by atoms with Gasteiger partial charge in [-0.05, 0) is 12.8 Å². The van der Waals surface area contributed by atoms with E-state index in [-0.39, 0.29) is 12.6 Å². The van der Waals surface area contributed by atoms with E-state index in [1.807, 2.05) is 4.90 Å². The van der Waals surface area contributed by atoms with Crippen LogP contribution in [0.2, 0.25) is 0 Å². The standard InChI is InChI=1S/C12H13F3N4O/c13-12(14,15)10-6-9-11(16-3-5-19(9)17-10)18-4-1-2-8(18)7-20/h3,5-6,8,20H,1-2,4,7H2. The largest absolute Gasteiger partial charge is 0.435 e. The van der Waals surface area contributed by atoms with E-state index in [9.17, 15) is 18.3 Å². The van der Waals surface area contributed by atoms with E-state index in [4.69, 9.17) is 0 Å². The molecule has 3 heterocycles. The summed E-state index contributed by atoms with van der Waals surface area (Å²) in [5.41, 5.74) is -0.633. The third-order valence-electron chi connectivity index (χ3n) is 3.52. The van der Waals surface area contributed by atoms with Gasteiger partial charge in [0.1, 0.15) is 5.52 Å². The number of hydrogen-bond donors (Lipinski definition) is 1. The zero-order valence-electron chi connectivity index (χ0n) is 10.5. The number of alkyl halides is 3. The summed E-state index contributed by atoms with van der Waals surface area (Å²) < 4.78 is 39.4. The number of aromatic nitrogens is 3. The zero-order valence-corrected chi connectivity index (χ0v) is 10.5. The number of aliphatic hydroxyl groups excluding tert-OH is 1. The van der Waals surface area contributed by atoms with Crippen LogP contribution in [0.1, 0.15) is 18.5 Å². The molecule has 1 unspecified atom stereocenters. The van der Waals surface area contributed by atoms with E-state index in [1.165, 1.54) is 16.9 Å². The van der Waals surface area contributed by atoms with Crippen molar-refractivity contribution in [1.82, 2.24) is 14.6 Å². The van der Waals surface area contributed by atoms with Crippen molar-refractivity contribution in [3.63, 3.8) is 0 Å². The van der Waals surface area contributed by atoms with Crippen molar-refractivity contribution >= 4 is 11.3 Å². The number of fused-ring (bicyclic) bond motifs is 1. The molecule has 5 nitrogen and oxygen atoms in total. The Labute approximate surface area is 112 Å². The summed E-state index contributed by atoms with van der Waals surface area (Å²) in [4.78, 5) is 6.01. The second-order valence-electron chi connectivity index (χ2n) is 4.78. The van der Waals surface area contributed by atoms with E-state index in [2.05, 4.69) is 10.1 Å². The molecule has 8 heteroatoms. The minimum Gasteiger partial charge on any atom is -0.394 e. The van der Waals surface area contributed by atoms with Crippen LogP contribution in [-0.4, -0.2) is 38.9 Å². The first-order chi connectivity index (χ1) is 9.50. The molecule has 0 aliphatic carbocycles. The fourth-order valence-corrected chi connectivity index (χ4v) is 2.57. The van der Waals surface area contributed by atoms with Gasteiger partial charge in [-0.25, -0.2) is 9.50 Å². The van der Waals surface area contributed by atoms with Crippen LogP contribution in [0, 0.1) is 0 Å². The van der Waals surface area contributed by atoms with Crippen LogP contribution in [0.5, 0.6) is 0 Å². The van der Waals surface area contributed by atoms with Crippen molar-refractivity contribution in [3.8, 4) is 0 Å². The Kier molecular flexibility index (Phi) is 3.04. The van der Waals surface area contributed by atoms with Crippen LogP contribution in [0.4, 0.5) is 19.0 Å². The Morgan fingerprint density at radius 3 is 2.90 bits per heavy atom. The van der Waals surface area contributed by atoms with Crippen LogP contribution in [0.25, 0.3) is 5.52 Å². The van der Waals surface area contributed by atoms with Gasteiger partial charge in [0.15, 0.2) is 11.5 Å². The Hall–Kier alpha value is -1.83. The van der Waals surface area contributed by atoms with Gasteiger partial charge in [0, 0.05) is 25.0 Å². The zero-order chi connectivity index (χ0) is 14.3. The first kappa shape index (κ1) is 13.2. The highest BCUT2D eigenvalue weighted by atomic mass is 19.4. The van der Waals surface area contributed by atoms with Gasteiger partial charge in [-0.3, -0.25) is 0 Å². The fraction of sp³-hybridized carbons (Fsp3) is 0.500. The number of halogens is 3. The molecule has 1 aliphatic heterocycles. The van der Waals surface area contributed by atoms with E-state index >= 15 is 0 Å². The van der Waals surface area contributed by atoms with Gasteiger partial charge in [-0.15, -0.1) is 0 Å². The second kappa shape index (κ2) is 4.62. The highest BCUT2D eigenvalue weighted by Crippen LogP contribution is 2.32. The highest BCUT2D eigenvalue weighted by molar-refractivity contribution is 5.70. The van der Waals surface area contributed by atoms with Crippen molar-refractivity contribution < 1.29 is 18.3 Å². The minimum absolute atomic E-state index is 0.0387.